The van der Waals surface area contributed by atoms with E-state index in [1.54, 1.807) is 18.3 Å². The molecule has 0 aliphatic rings. The van der Waals surface area contributed by atoms with E-state index in [0.29, 0.717) is 10.7 Å². The van der Waals surface area contributed by atoms with E-state index in [0.717, 1.165) is 16.0 Å². The van der Waals surface area contributed by atoms with Gasteiger partial charge in [-0.3, -0.25) is 9.59 Å². The first-order valence-corrected chi connectivity index (χ1v) is 7.34. The molecule has 0 fully saturated rings. The molecule has 0 spiro atoms. The number of carbonyl (C=O) groups is 2. The quantitative estimate of drug-likeness (QED) is 0.911. The van der Waals surface area contributed by atoms with Gasteiger partial charge in [-0.2, -0.15) is 0 Å². The van der Waals surface area contributed by atoms with Gasteiger partial charge in [0.05, 0.1) is 6.54 Å². The van der Waals surface area contributed by atoms with Crippen LogP contribution in [0.25, 0.3) is 0 Å². The first kappa shape index (κ1) is 15.2. The van der Waals surface area contributed by atoms with Crippen molar-refractivity contribution in [2.45, 2.75) is 20.8 Å². The zero-order valence-corrected chi connectivity index (χ0v) is 13.0. The number of carbonyl (C=O) groups excluding carboxylic acids is 2. The minimum absolute atomic E-state index is 0.0789. The van der Waals surface area contributed by atoms with E-state index in [1.165, 1.54) is 11.3 Å². The van der Waals surface area contributed by atoms with E-state index in [1.807, 2.05) is 26.8 Å². The Morgan fingerprint density at radius 3 is 2.38 bits per heavy atom. The van der Waals surface area contributed by atoms with E-state index in [2.05, 4.69) is 15.6 Å². The lowest BCUT2D eigenvalue weighted by molar-refractivity contribution is -0.115. The molecule has 0 aliphatic carbocycles. The average molecular weight is 303 g/mol. The van der Waals surface area contributed by atoms with Crippen molar-refractivity contribution in [2.24, 2.45) is 0 Å². The summed E-state index contributed by atoms with van der Waals surface area (Å²) in [7, 11) is 0. The van der Waals surface area contributed by atoms with Crippen LogP contribution in [-0.4, -0.2) is 23.3 Å². The van der Waals surface area contributed by atoms with Gasteiger partial charge in [-0.05, 0) is 32.9 Å². The van der Waals surface area contributed by atoms with E-state index < -0.39 is 0 Å². The number of benzene rings is 1. The van der Waals surface area contributed by atoms with Crippen molar-refractivity contribution in [2.75, 3.05) is 11.9 Å². The van der Waals surface area contributed by atoms with Gasteiger partial charge in [0.2, 0.25) is 5.91 Å². The molecule has 0 radical (unpaired) electrons. The summed E-state index contributed by atoms with van der Waals surface area (Å²) in [5.74, 6) is -0.547. The van der Waals surface area contributed by atoms with E-state index in [9.17, 15) is 9.59 Å². The molecule has 21 heavy (non-hydrogen) atoms. The molecule has 2 aromatic rings. The lowest BCUT2D eigenvalue weighted by atomic mass is 10.1. The molecule has 1 aromatic heterocycles. The van der Waals surface area contributed by atoms with Crippen LogP contribution < -0.4 is 10.6 Å². The molecular weight excluding hydrogens is 286 g/mol. The Bertz CT molecular complexity index is 659. The number of aromatic nitrogens is 1. The van der Waals surface area contributed by atoms with Gasteiger partial charge in [0.15, 0.2) is 5.13 Å². The fourth-order valence-electron chi connectivity index (χ4n) is 1.94. The number of nitrogens with one attached hydrogen (secondary N) is 2. The van der Waals surface area contributed by atoms with Gasteiger partial charge < -0.3 is 10.6 Å². The van der Waals surface area contributed by atoms with Crippen LogP contribution in [-0.2, 0) is 4.79 Å². The third-order valence-corrected chi connectivity index (χ3v) is 3.59. The van der Waals surface area contributed by atoms with Crippen LogP contribution >= 0.6 is 11.3 Å². The summed E-state index contributed by atoms with van der Waals surface area (Å²) in [6, 6.07) is 5.59. The normalized spacial score (nSPS) is 10.2. The average Bonchev–Trinajstić information content (AvgIpc) is 2.80. The first-order chi connectivity index (χ1) is 9.94. The van der Waals surface area contributed by atoms with Gasteiger partial charge in [-0.15, -0.1) is 11.3 Å². The molecule has 1 aromatic carbocycles. The molecule has 0 bridgehead atoms. The second kappa shape index (κ2) is 6.49. The van der Waals surface area contributed by atoms with Gasteiger partial charge in [0, 0.05) is 16.6 Å². The highest BCUT2D eigenvalue weighted by atomic mass is 32.1. The SMILES string of the molecule is Cc1cc(C)cc(C(=O)NCC(=O)Nc2ncc(C)s2)c1. The minimum Gasteiger partial charge on any atom is -0.343 e. The van der Waals surface area contributed by atoms with Gasteiger partial charge in [0.1, 0.15) is 0 Å². The Labute approximate surface area is 127 Å². The lowest BCUT2D eigenvalue weighted by Crippen LogP contribution is -2.32. The zero-order valence-electron chi connectivity index (χ0n) is 12.2. The van der Waals surface area contributed by atoms with Crippen molar-refractivity contribution in [1.82, 2.24) is 10.3 Å². The molecule has 0 saturated carbocycles. The molecule has 0 aliphatic heterocycles. The van der Waals surface area contributed by atoms with Gasteiger partial charge in [-0.25, -0.2) is 4.98 Å². The summed E-state index contributed by atoms with van der Waals surface area (Å²) < 4.78 is 0. The van der Waals surface area contributed by atoms with Crippen molar-refractivity contribution >= 4 is 28.3 Å². The van der Waals surface area contributed by atoms with E-state index in [-0.39, 0.29) is 18.4 Å². The number of amides is 2. The second-order valence-electron chi connectivity index (χ2n) is 4.88. The van der Waals surface area contributed by atoms with Crippen LogP contribution in [0, 0.1) is 20.8 Å². The van der Waals surface area contributed by atoms with Crippen molar-refractivity contribution in [1.29, 1.82) is 0 Å². The zero-order chi connectivity index (χ0) is 15.4. The number of rotatable bonds is 4. The number of nitrogens with zero attached hydrogens (tertiary/aromatic N) is 1. The molecule has 110 valence electrons. The number of thiazole rings is 1. The Balaban J connectivity index is 1.90. The molecule has 2 N–H and O–H groups in total. The van der Waals surface area contributed by atoms with Gasteiger partial charge in [-0.1, -0.05) is 17.2 Å². The van der Waals surface area contributed by atoms with Gasteiger partial charge >= 0.3 is 0 Å². The van der Waals surface area contributed by atoms with Crippen molar-refractivity contribution in [3.8, 4) is 0 Å². The molecule has 0 unspecified atom stereocenters. The molecule has 2 rings (SSSR count). The molecule has 1 heterocycles. The molecule has 6 heteroatoms. The highest BCUT2D eigenvalue weighted by molar-refractivity contribution is 7.15. The fourth-order valence-corrected chi connectivity index (χ4v) is 2.63. The summed E-state index contributed by atoms with van der Waals surface area (Å²) >= 11 is 1.39. The number of hydrogen-bond acceptors (Lipinski definition) is 4. The van der Waals surface area contributed by atoms with E-state index >= 15 is 0 Å². The summed E-state index contributed by atoms with van der Waals surface area (Å²) in [6.45, 7) is 5.70. The maximum Gasteiger partial charge on any atom is 0.251 e. The smallest absolute Gasteiger partial charge is 0.251 e. The topological polar surface area (TPSA) is 71.1 Å². The van der Waals surface area contributed by atoms with Crippen LogP contribution in [0.3, 0.4) is 0 Å². The molecule has 5 nitrogen and oxygen atoms in total. The highest BCUT2D eigenvalue weighted by Gasteiger charge is 2.10. The highest BCUT2D eigenvalue weighted by Crippen LogP contribution is 2.16. The van der Waals surface area contributed by atoms with Crippen molar-refractivity contribution < 1.29 is 9.59 Å². The van der Waals surface area contributed by atoms with Crippen LogP contribution in [0.15, 0.2) is 24.4 Å². The third-order valence-electron chi connectivity index (χ3n) is 2.76. The predicted molar refractivity (Wildman–Crippen MR) is 83.7 cm³/mol. The lowest BCUT2D eigenvalue weighted by Gasteiger charge is -2.07. The maximum atomic E-state index is 12.0. The minimum atomic E-state index is -0.290. The molecule has 2 amide bonds. The Morgan fingerprint density at radius 2 is 1.81 bits per heavy atom. The largest absolute Gasteiger partial charge is 0.343 e. The van der Waals surface area contributed by atoms with Crippen molar-refractivity contribution in [3.63, 3.8) is 0 Å². The Morgan fingerprint density at radius 1 is 1.14 bits per heavy atom. The molecular formula is C15H17N3O2S. The fraction of sp³-hybridized carbons (Fsp3) is 0.267. The summed E-state index contributed by atoms with van der Waals surface area (Å²) in [6.07, 6.45) is 1.69. The van der Waals surface area contributed by atoms with Crippen LogP contribution in [0.4, 0.5) is 5.13 Å². The van der Waals surface area contributed by atoms with Crippen LogP contribution in [0.5, 0.6) is 0 Å². The van der Waals surface area contributed by atoms with Crippen LogP contribution in [0.1, 0.15) is 26.4 Å². The van der Waals surface area contributed by atoms with Crippen molar-refractivity contribution in [3.05, 3.63) is 46.0 Å². The van der Waals surface area contributed by atoms with Crippen LogP contribution in [0.2, 0.25) is 0 Å². The number of anilines is 1. The number of hydrogen-bond donors (Lipinski definition) is 2. The standard InChI is InChI=1S/C15H17N3O2S/c1-9-4-10(2)6-12(5-9)14(20)16-8-13(19)18-15-17-7-11(3)21-15/h4-7H,8H2,1-3H3,(H,16,20)(H,17,18,19). The third kappa shape index (κ3) is 4.39. The van der Waals surface area contributed by atoms with E-state index in [4.69, 9.17) is 0 Å². The number of aryl methyl sites for hydroxylation is 3. The summed E-state index contributed by atoms with van der Waals surface area (Å²) in [5, 5.41) is 5.79. The summed E-state index contributed by atoms with van der Waals surface area (Å²) in [4.78, 5) is 28.8. The predicted octanol–water partition coefficient (Wildman–Crippen LogP) is 2.44. The second-order valence-corrected chi connectivity index (χ2v) is 6.12. The van der Waals surface area contributed by atoms with Gasteiger partial charge in [0.25, 0.3) is 5.91 Å². The monoisotopic (exact) mass is 303 g/mol. The Kier molecular flexibility index (Phi) is 4.70. The molecule has 0 atom stereocenters. The molecule has 0 saturated heterocycles. The Hall–Kier alpha value is -2.21. The maximum absolute atomic E-state index is 12.0. The first-order valence-electron chi connectivity index (χ1n) is 6.53. The summed E-state index contributed by atoms with van der Waals surface area (Å²) in [5.41, 5.74) is 2.59.